The maximum atomic E-state index is 14.6. The highest BCUT2D eigenvalue weighted by molar-refractivity contribution is 5.96. The minimum absolute atomic E-state index is 0.0402. The highest BCUT2D eigenvalue weighted by Gasteiger charge is 2.18. The summed E-state index contributed by atoms with van der Waals surface area (Å²) < 4.78 is 20.4. The number of carbonyl (C=O) groups excluding carboxylic acids is 1. The predicted octanol–water partition coefficient (Wildman–Crippen LogP) is 5.83. The average molecular weight is 594 g/mol. The Morgan fingerprint density at radius 2 is 1.89 bits per heavy atom. The first-order valence-corrected chi connectivity index (χ1v) is 14.4. The van der Waals surface area contributed by atoms with Gasteiger partial charge in [-0.15, -0.1) is 0 Å². The molecule has 1 aromatic carbocycles. The normalized spacial score (nSPS) is 11.5. The number of hydrogen-bond acceptors (Lipinski definition) is 8. The smallest absolute Gasteiger partial charge is 0.224 e. The number of rotatable bonds is 11. The number of pyridine rings is 3. The third kappa shape index (κ3) is 6.25. The van der Waals surface area contributed by atoms with Gasteiger partial charge in [0.1, 0.15) is 29.4 Å². The van der Waals surface area contributed by atoms with Crippen molar-refractivity contribution >= 4 is 33.7 Å². The molecule has 224 valence electrons. The number of ether oxygens (including phenoxy) is 1. The van der Waals surface area contributed by atoms with Crippen LogP contribution in [0.25, 0.3) is 56.0 Å². The summed E-state index contributed by atoms with van der Waals surface area (Å²) in [6.07, 6.45) is 8.98. The van der Waals surface area contributed by atoms with E-state index >= 15 is 0 Å². The van der Waals surface area contributed by atoms with Crippen molar-refractivity contribution in [1.29, 1.82) is 0 Å². The minimum atomic E-state index is -0.423. The Balaban J connectivity index is 1.33. The van der Waals surface area contributed by atoms with Gasteiger partial charge in [0.05, 0.1) is 28.5 Å². The van der Waals surface area contributed by atoms with E-state index in [1.165, 1.54) is 12.1 Å². The topological polar surface area (TPSA) is 138 Å². The third-order valence-corrected chi connectivity index (χ3v) is 7.11. The lowest BCUT2D eigenvalue weighted by Crippen LogP contribution is -2.19. The number of benzene rings is 1. The fourth-order valence-corrected chi connectivity index (χ4v) is 4.86. The van der Waals surface area contributed by atoms with Crippen LogP contribution in [0.5, 0.6) is 5.75 Å². The Labute approximate surface area is 252 Å². The Morgan fingerprint density at radius 1 is 1.02 bits per heavy atom. The van der Waals surface area contributed by atoms with E-state index in [1.54, 1.807) is 30.9 Å². The van der Waals surface area contributed by atoms with E-state index in [0.29, 0.717) is 64.9 Å². The number of amides is 1. The molecule has 12 heteroatoms. The summed E-state index contributed by atoms with van der Waals surface area (Å²) >= 11 is 0. The highest BCUT2D eigenvalue weighted by Crippen LogP contribution is 2.33. The van der Waals surface area contributed by atoms with Crippen LogP contribution in [0.1, 0.15) is 26.2 Å². The van der Waals surface area contributed by atoms with E-state index in [2.05, 4.69) is 35.5 Å². The molecule has 0 saturated carbocycles. The third-order valence-electron chi connectivity index (χ3n) is 7.11. The first-order chi connectivity index (χ1) is 21.4. The second kappa shape index (κ2) is 12.6. The number of aromatic nitrogens is 7. The van der Waals surface area contributed by atoms with Crippen LogP contribution in [-0.2, 0) is 4.79 Å². The molecule has 1 amide bonds. The molecule has 5 heterocycles. The van der Waals surface area contributed by atoms with Crippen LogP contribution >= 0.6 is 0 Å². The van der Waals surface area contributed by atoms with Crippen LogP contribution in [0.2, 0.25) is 0 Å². The number of halogens is 1. The fraction of sp³-hybridized carbons (Fsp3) is 0.250. The number of fused-ring (bicyclic) bond motifs is 2. The zero-order chi connectivity index (χ0) is 30.6. The number of likely N-dealkylation sites (N-methyl/N-ethyl adjacent to an activating group) is 1. The van der Waals surface area contributed by atoms with E-state index in [9.17, 15) is 9.18 Å². The molecular weight excluding hydrogens is 561 g/mol. The molecule has 6 rings (SSSR count). The number of anilines is 1. The van der Waals surface area contributed by atoms with Crippen molar-refractivity contribution in [3.8, 4) is 39.7 Å². The number of hydrogen-bond donors (Lipinski definition) is 3. The van der Waals surface area contributed by atoms with Gasteiger partial charge in [0.15, 0.2) is 11.5 Å². The quantitative estimate of drug-likeness (QED) is 0.171. The van der Waals surface area contributed by atoms with Gasteiger partial charge in [0.2, 0.25) is 5.91 Å². The molecule has 0 aliphatic carbocycles. The zero-order valence-electron chi connectivity index (χ0n) is 24.7. The molecular formula is C32H32FN9O2. The van der Waals surface area contributed by atoms with Crippen molar-refractivity contribution in [2.75, 3.05) is 32.6 Å². The second-order valence-corrected chi connectivity index (χ2v) is 10.8. The van der Waals surface area contributed by atoms with E-state index in [0.717, 1.165) is 34.9 Å². The van der Waals surface area contributed by atoms with Crippen molar-refractivity contribution in [3.05, 3.63) is 67.0 Å². The SMILES string of the molecule is CCCCC(=O)Nc1cncc(-c2cnc3[nH]nc(-c4nc5c(-c6cc(F)cc(OCCN(C)C)c6)nccc5[nH]4)c3c2)c1. The maximum absolute atomic E-state index is 14.6. The molecule has 6 aromatic rings. The fourth-order valence-electron chi connectivity index (χ4n) is 4.86. The van der Waals surface area contributed by atoms with Gasteiger partial charge in [-0.2, -0.15) is 5.10 Å². The summed E-state index contributed by atoms with van der Waals surface area (Å²) in [6.45, 7) is 3.18. The van der Waals surface area contributed by atoms with Crippen molar-refractivity contribution in [2.45, 2.75) is 26.2 Å². The summed E-state index contributed by atoms with van der Waals surface area (Å²) in [7, 11) is 3.90. The van der Waals surface area contributed by atoms with Gasteiger partial charge in [-0.05, 0) is 50.8 Å². The zero-order valence-corrected chi connectivity index (χ0v) is 24.7. The van der Waals surface area contributed by atoms with E-state index in [1.807, 2.05) is 44.1 Å². The number of nitrogens with zero attached hydrogens (tertiary/aromatic N) is 6. The molecule has 5 aromatic heterocycles. The van der Waals surface area contributed by atoms with Gasteiger partial charge in [-0.1, -0.05) is 13.3 Å². The van der Waals surface area contributed by atoms with Crippen LogP contribution in [0.3, 0.4) is 0 Å². The van der Waals surface area contributed by atoms with Crippen LogP contribution in [0.4, 0.5) is 10.1 Å². The van der Waals surface area contributed by atoms with Gasteiger partial charge < -0.3 is 19.9 Å². The molecule has 0 unspecified atom stereocenters. The van der Waals surface area contributed by atoms with E-state index in [-0.39, 0.29) is 5.91 Å². The summed E-state index contributed by atoms with van der Waals surface area (Å²) in [6, 6.07) is 10.2. The Kier molecular flexibility index (Phi) is 8.24. The first kappa shape index (κ1) is 28.9. The van der Waals surface area contributed by atoms with Crippen molar-refractivity contribution < 1.29 is 13.9 Å². The van der Waals surface area contributed by atoms with Crippen LogP contribution in [0.15, 0.2) is 61.2 Å². The molecule has 0 bridgehead atoms. The molecule has 44 heavy (non-hydrogen) atoms. The summed E-state index contributed by atoms with van der Waals surface area (Å²) in [5.74, 6) is 0.468. The molecule has 0 fully saturated rings. The number of nitrogens with one attached hydrogen (secondary N) is 3. The molecule has 11 nitrogen and oxygen atoms in total. The average Bonchev–Trinajstić information content (AvgIpc) is 3.63. The molecule has 0 aliphatic heterocycles. The lowest BCUT2D eigenvalue weighted by molar-refractivity contribution is -0.116. The predicted molar refractivity (Wildman–Crippen MR) is 168 cm³/mol. The summed E-state index contributed by atoms with van der Waals surface area (Å²) in [4.78, 5) is 35.8. The second-order valence-electron chi connectivity index (χ2n) is 10.8. The van der Waals surface area contributed by atoms with Gasteiger partial charge in [-0.25, -0.2) is 14.4 Å². The van der Waals surface area contributed by atoms with E-state index < -0.39 is 5.82 Å². The lowest BCUT2D eigenvalue weighted by Gasteiger charge is -2.12. The first-order valence-electron chi connectivity index (χ1n) is 14.4. The van der Waals surface area contributed by atoms with Crippen LogP contribution in [-0.4, -0.2) is 73.2 Å². The van der Waals surface area contributed by atoms with Crippen molar-refractivity contribution in [3.63, 3.8) is 0 Å². The van der Waals surface area contributed by atoms with Gasteiger partial charge >= 0.3 is 0 Å². The summed E-state index contributed by atoms with van der Waals surface area (Å²) in [5.41, 5.74) is 5.75. The standard InChI is InChI=1S/C32H32FN9O2/c1-4-5-6-27(43)37-23-12-20(16-34-18-23)21-14-25-29(40-41-31(25)36-17-21)32-38-26-7-8-35-28(30(26)39-32)19-11-22(33)15-24(13-19)44-10-9-42(2)3/h7-8,11-18H,4-6,9-10H2,1-3H3,(H,37,43)(H,38,39)(H,36,40,41). The Morgan fingerprint density at radius 3 is 2.73 bits per heavy atom. The van der Waals surface area contributed by atoms with Gasteiger partial charge in [-0.3, -0.25) is 19.9 Å². The Hall–Kier alpha value is -5.23. The molecule has 0 saturated heterocycles. The number of carbonyl (C=O) groups is 1. The monoisotopic (exact) mass is 593 g/mol. The van der Waals surface area contributed by atoms with Crippen LogP contribution < -0.4 is 10.1 Å². The largest absolute Gasteiger partial charge is 0.492 e. The lowest BCUT2D eigenvalue weighted by atomic mass is 10.1. The molecule has 0 spiro atoms. The molecule has 0 atom stereocenters. The molecule has 0 aliphatic rings. The van der Waals surface area contributed by atoms with E-state index in [4.69, 9.17) is 9.72 Å². The highest BCUT2D eigenvalue weighted by atomic mass is 19.1. The van der Waals surface area contributed by atoms with Crippen molar-refractivity contribution in [1.82, 2.24) is 40.0 Å². The van der Waals surface area contributed by atoms with Gasteiger partial charge in [0, 0.05) is 54.3 Å². The number of aromatic amines is 2. The minimum Gasteiger partial charge on any atom is -0.492 e. The Bertz CT molecular complexity index is 1950. The number of H-pyrrole nitrogens is 2. The van der Waals surface area contributed by atoms with Gasteiger partial charge in [0.25, 0.3) is 0 Å². The molecule has 0 radical (unpaired) electrons. The number of imidazole rings is 1. The summed E-state index contributed by atoms with van der Waals surface area (Å²) in [5, 5.41) is 11.1. The maximum Gasteiger partial charge on any atom is 0.224 e. The molecule has 3 N–H and O–H groups in total. The number of unbranched alkanes of at least 4 members (excludes halogenated alkanes) is 1. The van der Waals surface area contributed by atoms with Crippen LogP contribution in [0, 0.1) is 5.82 Å². The van der Waals surface area contributed by atoms with Crippen molar-refractivity contribution in [2.24, 2.45) is 0 Å².